The highest BCUT2D eigenvalue weighted by atomic mass is 16.4. The molecule has 4 heteroatoms. The second-order valence-corrected chi connectivity index (χ2v) is 3.60. The maximum atomic E-state index is 9.78. The lowest BCUT2D eigenvalue weighted by atomic mass is 10.2. The van der Waals surface area contributed by atoms with Gasteiger partial charge in [0, 0.05) is 12.2 Å². The van der Waals surface area contributed by atoms with Crippen LogP contribution in [0.5, 0.6) is 0 Å². The first-order valence-corrected chi connectivity index (χ1v) is 5.25. The molecule has 0 aliphatic carbocycles. The van der Waals surface area contributed by atoms with Crippen LogP contribution in [0.1, 0.15) is 17.4 Å². The van der Waals surface area contributed by atoms with Crippen LogP contribution in [-0.2, 0) is 0 Å². The van der Waals surface area contributed by atoms with Gasteiger partial charge in [-0.1, -0.05) is 6.07 Å². The molecule has 0 spiro atoms. The number of aliphatic hydroxyl groups excluding tert-OH is 1. The molecule has 0 saturated heterocycles. The average molecular weight is 228 g/mol. The molecule has 0 saturated carbocycles. The van der Waals surface area contributed by atoms with Crippen LogP contribution in [-0.4, -0.2) is 11.7 Å². The van der Waals surface area contributed by atoms with Crippen LogP contribution in [0.4, 0.5) is 5.69 Å². The SMILES string of the molecule is N#Cc1cccc(NCC(O)c2ccco2)c1. The molecular formula is C13H12N2O2. The van der Waals surface area contributed by atoms with Gasteiger partial charge >= 0.3 is 0 Å². The second kappa shape index (κ2) is 5.19. The molecule has 0 fully saturated rings. The van der Waals surface area contributed by atoms with Gasteiger partial charge in [0.15, 0.2) is 0 Å². The summed E-state index contributed by atoms with van der Waals surface area (Å²) < 4.78 is 5.09. The Morgan fingerprint density at radius 3 is 2.94 bits per heavy atom. The number of nitrogens with zero attached hydrogens (tertiary/aromatic N) is 1. The van der Waals surface area contributed by atoms with Gasteiger partial charge in [-0.05, 0) is 30.3 Å². The first-order valence-electron chi connectivity index (χ1n) is 5.25. The van der Waals surface area contributed by atoms with Crippen molar-refractivity contribution in [1.82, 2.24) is 0 Å². The third kappa shape index (κ3) is 2.86. The quantitative estimate of drug-likeness (QED) is 0.842. The summed E-state index contributed by atoms with van der Waals surface area (Å²) >= 11 is 0. The van der Waals surface area contributed by atoms with E-state index in [1.54, 1.807) is 30.3 Å². The molecule has 0 radical (unpaired) electrons. The smallest absolute Gasteiger partial charge is 0.134 e. The average Bonchev–Trinajstić information content (AvgIpc) is 2.90. The number of benzene rings is 1. The van der Waals surface area contributed by atoms with Gasteiger partial charge in [0.05, 0.1) is 17.9 Å². The maximum absolute atomic E-state index is 9.78. The first kappa shape index (κ1) is 11.2. The first-order chi connectivity index (χ1) is 8.29. The lowest BCUT2D eigenvalue weighted by Crippen LogP contribution is -2.11. The normalized spacial score (nSPS) is 11.8. The largest absolute Gasteiger partial charge is 0.467 e. The number of anilines is 1. The van der Waals surface area contributed by atoms with Crippen molar-refractivity contribution in [3.05, 3.63) is 54.0 Å². The van der Waals surface area contributed by atoms with Crippen LogP contribution in [0.15, 0.2) is 47.1 Å². The molecule has 1 heterocycles. The Labute approximate surface area is 99.1 Å². The summed E-state index contributed by atoms with van der Waals surface area (Å²) in [5.74, 6) is 0.522. The molecular weight excluding hydrogens is 216 g/mol. The third-order valence-corrected chi connectivity index (χ3v) is 2.36. The van der Waals surface area contributed by atoms with E-state index in [1.807, 2.05) is 6.07 Å². The van der Waals surface area contributed by atoms with Crippen molar-refractivity contribution >= 4 is 5.69 Å². The van der Waals surface area contributed by atoms with Gasteiger partial charge in [0.1, 0.15) is 11.9 Å². The predicted octanol–water partition coefficient (Wildman–Crippen LogP) is 2.30. The molecule has 2 aromatic rings. The van der Waals surface area contributed by atoms with Crippen molar-refractivity contribution in [3.8, 4) is 6.07 Å². The summed E-state index contributed by atoms with van der Waals surface area (Å²) in [5.41, 5.74) is 1.39. The van der Waals surface area contributed by atoms with Crippen LogP contribution in [0.2, 0.25) is 0 Å². The molecule has 2 rings (SSSR count). The molecule has 0 aliphatic heterocycles. The van der Waals surface area contributed by atoms with E-state index in [0.29, 0.717) is 17.9 Å². The number of hydrogen-bond acceptors (Lipinski definition) is 4. The van der Waals surface area contributed by atoms with E-state index in [2.05, 4.69) is 11.4 Å². The molecule has 0 aliphatic rings. The number of nitrogens with one attached hydrogen (secondary N) is 1. The zero-order valence-corrected chi connectivity index (χ0v) is 9.13. The summed E-state index contributed by atoms with van der Waals surface area (Å²) in [7, 11) is 0. The summed E-state index contributed by atoms with van der Waals surface area (Å²) in [6.07, 6.45) is 0.824. The number of aliphatic hydroxyl groups is 1. The van der Waals surface area contributed by atoms with Crippen molar-refractivity contribution in [2.75, 3.05) is 11.9 Å². The van der Waals surface area contributed by atoms with Gasteiger partial charge in [0.2, 0.25) is 0 Å². The monoisotopic (exact) mass is 228 g/mol. The van der Waals surface area contributed by atoms with Crippen molar-refractivity contribution < 1.29 is 9.52 Å². The number of furan rings is 1. The molecule has 86 valence electrons. The fraction of sp³-hybridized carbons (Fsp3) is 0.154. The summed E-state index contributed by atoms with van der Waals surface area (Å²) in [6.45, 7) is 0.336. The van der Waals surface area contributed by atoms with Gasteiger partial charge in [-0.15, -0.1) is 0 Å². The zero-order chi connectivity index (χ0) is 12.1. The number of rotatable bonds is 4. The highest BCUT2D eigenvalue weighted by Crippen LogP contribution is 2.15. The van der Waals surface area contributed by atoms with Gasteiger partial charge in [-0.3, -0.25) is 0 Å². The zero-order valence-electron chi connectivity index (χ0n) is 9.13. The Kier molecular flexibility index (Phi) is 3.43. The summed E-state index contributed by atoms with van der Waals surface area (Å²) in [5, 5.41) is 21.6. The van der Waals surface area contributed by atoms with E-state index in [-0.39, 0.29) is 0 Å². The van der Waals surface area contributed by atoms with Crippen LogP contribution in [0, 0.1) is 11.3 Å². The third-order valence-electron chi connectivity index (χ3n) is 2.36. The Balaban J connectivity index is 1.96. The molecule has 4 nitrogen and oxygen atoms in total. The van der Waals surface area contributed by atoms with E-state index in [9.17, 15) is 5.11 Å². The Morgan fingerprint density at radius 2 is 2.24 bits per heavy atom. The minimum absolute atomic E-state index is 0.336. The topological polar surface area (TPSA) is 69.2 Å². The van der Waals surface area contributed by atoms with Gasteiger partial charge in [-0.2, -0.15) is 5.26 Å². The predicted molar refractivity (Wildman–Crippen MR) is 63.3 cm³/mol. The van der Waals surface area contributed by atoms with Crippen LogP contribution in [0.25, 0.3) is 0 Å². The molecule has 0 amide bonds. The Morgan fingerprint density at radius 1 is 1.35 bits per heavy atom. The second-order valence-electron chi connectivity index (χ2n) is 3.60. The van der Waals surface area contributed by atoms with Crippen LogP contribution in [0.3, 0.4) is 0 Å². The van der Waals surface area contributed by atoms with Crippen LogP contribution < -0.4 is 5.32 Å². The molecule has 0 bridgehead atoms. The molecule has 17 heavy (non-hydrogen) atoms. The standard InChI is InChI=1S/C13H12N2O2/c14-8-10-3-1-4-11(7-10)15-9-12(16)13-5-2-6-17-13/h1-7,12,15-16H,9H2. The highest BCUT2D eigenvalue weighted by molar-refractivity contribution is 5.49. The molecule has 1 unspecified atom stereocenters. The summed E-state index contributed by atoms with van der Waals surface area (Å²) in [6, 6.07) is 12.6. The van der Waals surface area contributed by atoms with E-state index in [1.165, 1.54) is 6.26 Å². The minimum Gasteiger partial charge on any atom is -0.467 e. The fourth-order valence-corrected chi connectivity index (χ4v) is 1.49. The maximum Gasteiger partial charge on any atom is 0.134 e. The fourth-order valence-electron chi connectivity index (χ4n) is 1.49. The molecule has 1 atom stereocenters. The highest BCUT2D eigenvalue weighted by Gasteiger charge is 2.09. The molecule has 1 aromatic carbocycles. The van der Waals surface area contributed by atoms with E-state index >= 15 is 0 Å². The van der Waals surface area contributed by atoms with Crippen molar-refractivity contribution in [2.24, 2.45) is 0 Å². The van der Waals surface area contributed by atoms with E-state index in [0.717, 1.165) is 5.69 Å². The molecule has 1 aromatic heterocycles. The van der Waals surface area contributed by atoms with Crippen LogP contribution >= 0.6 is 0 Å². The van der Waals surface area contributed by atoms with Gasteiger partial charge in [0.25, 0.3) is 0 Å². The Hall–Kier alpha value is -2.25. The lowest BCUT2D eigenvalue weighted by Gasteiger charge is -2.10. The van der Waals surface area contributed by atoms with Gasteiger partial charge in [-0.25, -0.2) is 0 Å². The number of hydrogen-bond donors (Lipinski definition) is 2. The lowest BCUT2D eigenvalue weighted by molar-refractivity contribution is 0.162. The van der Waals surface area contributed by atoms with Gasteiger partial charge < -0.3 is 14.8 Å². The van der Waals surface area contributed by atoms with E-state index < -0.39 is 6.10 Å². The number of nitriles is 1. The van der Waals surface area contributed by atoms with Crippen molar-refractivity contribution in [1.29, 1.82) is 5.26 Å². The van der Waals surface area contributed by atoms with Crippen molar-refractivity contribution in [2.45, 2.75) is 6.10 Å². The summed E-state index contributed by atoms with van der Waals surface area (Å²) in [4.78, 5) is 0. The minimum atomic E-state index is -0.698. The molecule has 2 N–H and O–H groups in total. The van der Waals surface area contributed by atoms with E-state index in [4.69, 9.17) is 9.68 Å². The van der Waals surface area contributed by atoms with Crippen molar-refractivity contribution in [3.63, 3.8) is 0 Å². The Bertz CT molecular complexity index is 514.